The lowest BCUT2D eigenvalue weighted by atomic mass is 10.2. The van der Waals surface area contributed by atoms with Gasteiger partial charge in [-0.05, 0) is 36.4 Å². The van der Waals surface area contributed by atoms with Crippen LogP contribution in [-0.4, -0.2) is 43.6 Å². The highest BCUT2D eigenvalue weighted by atomic mass is 35.5. The topological polar surface area (TPSA) is 60.0 Å². The van der Waals surface area contributed by atoms with Crippen LogP contribution in [0.1, 0.15) is 0 Å². The number of para-hydroxylation sites is 2. The van der Waals surface area contributed by atoms with Gasteiger partial charge in [0, 0.05) is 18.1 Å². The molecule has 0 spiro atoms. The second-order valence-corrected chi connectivity index (χ2v) is 6.01. The number of nitrogens with one attached hydrogen (secondary N) is 1. The normalized spacial score (nSPS) is 17.3. The molecule has 0 unspecified atom stereocenters. The van der Waals surface area contributed by atoms with E-state index in [1.165, 1.54) is 0 Å². The lowest BCUT2D eigenvalue weighted by molar-refractivity contribution is 0.0778. The van der Waals surface area contributed by atoms with E-state index in [-0.39, 0.29) is 12.7 Å². The van der Waals surface area contributed by atoms with Crippen LogP contribution in [0.3, 0.4) is 0 Å². The minimum absolute atomic E-state index is 0.0794. The van der Waals surface area contributed by atoms with Crippen molar-refractivity contribution in [1.29, 1.82) is 0 Å². The quantitative estimate of drug-likeness (QED) is 0.804. The van der Waals surface area contributed by atoms with Crippen LogP contribution in [0.15, 0.2) is 48.5 Å². The van der Waals surface area contributed by atoms with Crippen molar-refractivity contribution in [2.75, 3.05) is 26.3 Å². The molecule has 0 fully saturated rings. The molecule has 0 radical (unpaired) electrons. The van der Waals surface area contributed by atoms with Gasteiger partial charge >= 0.3 is 0 Å². The molecule has 0 aromatic heterocycles. The fourth-order valence-electron chi connectivity index (χ4n) is 2.36. The molecule has 128 valence electrons. The van der Waals surface area contributed by atoms with Gasteiger partial charge in [0.25, 0.3) is 0 Å². The first-order valence-corrected chi connectivity index (χ1v) is 8.24. The maximum atomic E-state index is 9.97. The predicted molar refractivity (Wildman–Crippen MR) is 92.2 cm³/mol. The summed E-state index contributed by atoms with van der Waals surface area (Å²) in [6.45, 7) is 1.70. The molecule has 0 aliphatic carbocycles. The number of hydrogen-bond acceptors (Lipinski definition) is 5. The fourth-order valence-corrected chi connectivity index (χ4v) is 2.48. The minimum atomic E-state index is -0.613. The van der Waals surface area contributed by atoms with E-state index in [0.717, 1.165) is 11.5 Å². The number of fused-ring (bicyclic) bond motifs is 1. The Hall–Kier alpha value is -1.95. The molecule has 6 heteroatoms. The molecule has 2 aromatic rings. The number of aliphatic hydroxyl groups excluding tert-OH is 1. The van der Waals surface area contributed by atoms with Gasteiger partial charge < -0.3 is 24.6 Å². The summed E-state index contributed by atoms with van der Waals surface area (Å²) in [5.74, 6) is 2.20. The maximum Gasteiger partial charge on any atom is 0.161 e. The highest BCUT2D eigenvalue weighted by Gasteiger charge is 2.20. The van der Waals surface area contributed by atoms with E-state index in [1.54, 1.807) is 24.3 Å². The molecule has 1 aliphatic heterocycles. The number of aliphatic hydroxyl groups is 1. The van der Waals surface area contributed by atoms with Crippen molar-refractivity contribution in [3.05, 3.63) is 53.6 Å². The largest absolute Gasteiger partial charge is 0.491 e. The van der Waals surface area contributed by atoms with Gasteiger partial charge in [-0.2, -0.15) is 0 Å². The lowest BCUT2D eigenvalue weighted by Crippen LogP contribution is -2.41. The van der Waals surface area contributed by atoms with Crippen LogP contribution >= 0.6 is 11.6 Å². The van der Waals surface area contributed by atoms with Crippen molar-refractivity contribution in [1.82, 2.24) is 5.32 Å². The summed E-state index contributed by atoms with van der Waals surface area (Å²) in [7, 11) is 0. The van der Waals surface area contributed by atoms with Gasteiger partial charge in [-0.25, -0.2) is 0 Å². The van der Waals surface area contributed by atoms with E-state index in [1.807, 2.05) is 24.3 Å². The van der Waals surface area contributed by atoms with Crippen LogP contribution in [0.5, 0.6) is 17.2 Å². The first kappa shape index (κ1) is 16.9. The average Bonchev–Trinajstić information content (AvgIpc) is 2.61. The number of benzene rings is 2. The van der Waals surface area contributed by atoms with Gasteiger partial charge in [0.05, 0.1) is 0 Å². The Morgan fingerprint density at radius 3 is 2.71 bits per heavy atom. The molecule has 5 nitrogen and oxygen atoms in total. The summed E-state index contributed by atoms with van der Waals surface area (Å²) < 4.78 is 17.0. The standard InChI is InChI=1S/C18H20ClNO4/c19-13-5-7-15(8-6-13)22-11-14(21)9-20-10-16-12-23-17-3-1-2-4-18(17)24-16/h1-8,14,16,20-21H,9-12H2/t14-,16+/m1/s1. The molecule has 0 bridgehead atoms. The van der Waals surface area contributed by atoms with Crippen LogP contribution in [-0.2, 0) is 0 Å². The van der Waals surface area contributed by atoms with Gasteiger partial charge in [0.15, 0.2) is 11.5 Å². The Morgan fingerprint density at radius 1 is 1.17 bits per heavy atom. The van der Waals surface area contributed by atoms with E-state index in [0.29, 0.717) is 30.5 Å². The third-order valence-corrected chi connectivity index (χ3v) is 3.83. The Kier molecular flexibility index (Phi) is 5.80. The third kappa shape index (κ3) is 4.77. The van der Waals surface area contributed by atoms with Crippen molar-refractivity contribution in [3.63, 3.8) is 0 Å². The van der Waals surface area contributed by atoms with E-state index in [9.17, 15) is 5.11 Å². The maximum absolute atomic E-state index is 9.97. The molecule has 1 aliphatic rings. The van der Waals surface area contributed by atoms with E-state index in [4.69, 9.17) is 25.8 Å². The predicted octanol–water partition coefficient (Wildman–Crippen LogP) is 2.51. The van der Waals surface area contributed by atoms with Crippen molar-refractivity contribution in [2.45, 2.75) is 12.2 Å². The minimum Gasteiger partial charge on any atom is -0.491 e. The van der Waals surface area contributed by atoms with Gasteiger partial charge in [-0.3, -0.25) is 0 Å². The van der Waals surface area contributed by atoms with E-state index < -0.39 is 6.10 Å². The zero-order chi connectivity index (χ0) is 16.8. The Balaban J connectivity index is 1.35. The monoisotopic (exact) mass is 349 g/mol. The molecule has 1 heterocycles. The van der Waals surface area contributed by atoms with Crippen LogP contribution in [0, 0.1) is 0 Å². The average molecular weight is 350 g/mol. The Labute approximate surface area is 146 Å². The first-order valence-electron chi connectivity index (χ1n) is 7.86. The molecule has 2 N–H and O–H groups in total. The molecular formula is C18H20ClNO4. The Morgan fingerprint density at radius 2 is 1.92 bits per heavy atom. The van der Waals surface area contributed by atoms with Crippen molar-refractivity contribution in [3.8, 4) is 17.2 Å². The number of hydrogen-bond donors (Lipinski definition) is 2. The van der Waals surface area contributed by atoms with Crippen LogP contribution in [0.4, 0.5) is 0 Å². The number of rotatable bonds is 7. The summed E-state index contributed by atoms with van der Waals surface area (Å²) in [6.07, 6.45) is -0.693. The smallest absolute Gasteiger partial charge is 0.161 e. The number of halogens is 1. The lowest BCUT2D eigenvalue weighted by Gasteiger charge is -2.27. The van der Waals surface area contributed by atoms with Gasteiger partial charge in [-0.15, -0.1) is 0 Å². The summed E-state index contributed by atoms with van der Waals surface area (Å²) in [6, 6.07) is 14.6. The second-order valence-electron chi connectivity index (χ2n) is 5.57. The Bertz CT molecular complexity index is 650. The molecule has 0 saturated carbocycles. The van der Waals surface area contributed by atoms with E-state index >= 15 is 0 Å². The van der Waals surface area contributed by atoms with Gasteiger partial charge in [0.1, 0.15) is 31.2 Å². The van der Waals surface area contributed by atoms with Crippen molar-refractivity contribution >= 4 is 11.6 Å². The third-order valence-electron chi connectivity index (χ3n) is 3.58. The summed E-state index contributed by atoms with van der Waals surface area (Å²) in [4.78, 5) is 0. The zero-order valence-electron chi connectivity index (χ0n) is 13.2. The SMILES string of the molecule is O[C@H](CNC[C@H]1COc2ccccc2O1)COc1ccc(Cl)cc1. The van der Waals surface area contributed by atoms with Crippen molar-refractivity contribution in [2.24, 2.45) is 0 Å². The fraction of sp³-hybridized carbons (Fsp3) is 0.333. The highest BCUT2D eigenvalue weighted by molar-refractivity contribution is 6.30. The first-order chi connectivity index (χ1) is 11.7. The summed E-state index contributed by atoms with van der Waals surface area (Å²) >= 11 is 5.81. The highest BCUT2D eigenvalue weighted by Crippen LogP contribution is 2.30. The molecule has 2 aromatic carbocycles. The number of ether oxygens (including phenoxy) is 3. The zero-order valence-corrected chi connectivity index (χ0v) is 13.9. The van der Waals surface area contributed by atoms with Crippen LogP contribution in [0.2, 0.25) is 5.02 Å². The molecular weight excluding hydrogens is 330 g/mol. The molecule has 3 rings (SSSR count). The van der Waals surface area contributed by atoms with Gasteiger partial charge in [-0.1, -0.05) is 23.7 Å². The van der Waals surface area contributed by atoms with Crippen LogP contribution in [0.25, 0.3) is 0 Å². The van der Waals surface area contributed by atoms with Crippen LogP contribution < -0.4 is 19.5 Å². The summed E-state index contributed by atoms with van der Waals surface area (Å²) in [5, 5.41) is 13.8. The molecule has 2 atom stereocenters. The molecule has 24 heavy (non-hydrogen) atoms. The van der Waals surface area contributed by atoms with Crippen molar-refractivity contribution < 1.29 is 19.3 Å². The second kappa shape index (κ2) is 8.24. The van der Waals surface area contributed by atoms with E-state index in [2.05, 4.69) is 5.32 Å². The van der Waals surface area contributed by atoms with Gasteiger partial charge in [0.2, 0.25) is 0 Å². The molecule has 0 saturated heterocycles. The molecule has 0 amide bonds. The summed E-state index contributed by atoms with van der Waals surface area (Å²) in [5.41, 5.74) is 0.